The lowest BCUT2D eigenvalue weighted by Gasteiger charge is -1.99. The molecule has 0 saturated heterocycles. The third kappa shape index (κ3) is 3.40. The molecule has 0 atom stereocenters. The van der Waals surface area contributed by atoms with E-state index in [-0.39, 0.29) is 11.8 Å². The summed E-state index contributed by atoms with van der Waals surface area (Å²) in [6.07, 6.45) is 4.83. The molecule has 3 nitrogen and oxygen atoms in total. The lowest BCUT2D eigenvalue weighted by Crippen LogP contribution is -2.30. The Labute approximate surface area is 53.2 Å². The maximum absolute atomic E-state index is 4.83. The molecular formula is C4H6N2OS. The number of terminal acetylenes is 1. The zero-order valence-electron chi connectivity index (χ0n) is 4.18. The molecule has 0 aromatic heterocycles. The van der Waals surface area contributed by atoms with Crippen molar-refractivity contribution in [2.24, 2.45) is 5.84 Å². The van der Waals surface area contributed by atoms with Crippen molar-refractivity contribution in [1.82, 2.24) is 5.43 Å². The van der Waals surface area contributed by atoms with Gasteiger partial charge in [-0.1, -0.05) is 5.92 Å². The van der Waals surface area contributed by atoms with Crippen LogP contribution >= 0.6 is 12.2 Å². The van der Waals surface area contributed by atoms with Gasteiger partial charge in [0.05, 0.1) is 0 Å². The Hall–Kier alpha value is -0.790. The first-order chi connectivity index (χ1) is 3.81. The van der Waals surface area contributed by atoms with Gasteiger partial charge < -0.3 is 4.74 Å². The van der Waals surface area contributed by atoms with Crippen LogP contribution in [0.2, 0.25) is 0 Å². The van der Waals surface area contributed by atoms with Gasteiger partial charge in [-0.15, -0.1) is 6.42 Å². The van der Waals surface area contributed by atoms with Gasteiger partial charge >= 0.3 is 0 Å². The molecule has 0 aliphatic heterocycles. The summed E-state index contributed by atoms with van der Waals surface area (Å²) in [6.45, 7) is 0.156. The van der Waals surface area contributed by atoms with E-state index in [1.165, 1.54) is 0 Å². The average Bonchev–Trinajstić information content (AvgIpc) is 1.83. The predicted octanol–water partition coefficient (Wildman–Crippen LogP) is -0.616. The van der Waals surface area contributed by atoms with Crippen LogP contribution in [0.25, 0.3) is 0 Å². The van der Waals surface area contributed by atoms with E-state index in [2.05, 4.69) is 28.3 Å². The summed E-state index contributed by atoms with van der Waals surface area (Å²) in [4.78, 5) is 0. The molecule has 0 aromatic rings. The minimum absolute atomic E-state index is 0.114. The normalized spacial score (nSPS) is 7.00. The molecule has 44 valence electrons. The Morgan fingerprint density at radius 1 is 2.00 bits per heavy atom. The topological polar surface area (TPSA) is 47.3 Å². The molecule has 0 radical (unpaired) electrons. The minimum atomic E-state index is 0.114. The van der Waals surface area contributed by atoms with Crippen molar-refractivity contribution in [3.8, 4) is 12.3 Å². The summed E-state index contributed by atoms with van der Waals surface area (Å²) in [5.41, 5.74) is 2.11. The SMILES string of the molecule is C#CCOC(=S)NN. The van der Waals surface area contributed by atoms with Crippen molar-refractivity contribution in [3.63, 3.8) is 0 Å². The molecule has 3 N–H and O–H groups in total. The van der Waals surface area contributed by atoms with Gasteiger partial charge in [0.1, 0.15) is 0 Å². The van der Waals surface area contributed by atoms with Crippen molar-refractivity contribution in [2.75, 3.05) is 6.61 Å². The van der Waals surface area contributed by atoms with Gasteiger partial charge in [0.15, 0.2) is 6.61 Å². The first-order valence-corrected chi connectivity index (χ1v) is 2.29. The first kappa shape index (κ1) is 7.21. The van der Waals surface area contributed by atoms with Crippen LogP contribution in [-0.4, -0.2) is 11.8 Å². The molecule has 4 heteroatoms. The number of hydrogen-bond donors (Lipinski definition) is 2. The second-order valence-electron chi connectivity index (χ2n) is 0.925. The smallest absolute Gasteiger partial charge is 0.272 e. The van der Waals surface area contributed by atoms with E-state index in [1.54, 1.807) is 0 Å². The third-order valence-electron chi connectivity index (χ3n) is 0.404. The lowest BCUT2D eigenvalue weighted by atomic mass is 10.8. The zero-order valence-corrected chi connectivity index (χ0v) is 4.99. The molecular weight excluding hydrogens is 124 g/mol. The maximum Gasteiger partial charge on any atom is 0.272 e. The highest BCUT2D eigenvalue weighted by Gasteiger charge is 1.85. The van der Waals surface area contributed by atoms with E-state index in [0.717, 1.165) is 0 Å². The van der Waals surface area contributed by atoms with Crippen molar-refractivity contribution in [3.05, 3.63) is 0 Å². The molecule has 0 aliphatic carbocycles. The highest BCUT2D eigenvalue weighted by atomic mass is 32.1. The summed E-state index contributed by atoms with van der Waals surface area (Å²) in [7, 11) is 0. The Morgan fingerprint density at radius 2 is 2.62 bits per heavy atom. The van der Waals surface area contributed by atoms with Crippen LogP contribution in [0.3, 0.4) is 0 Å². The van der Waals surface area contributed by atoms with Crippen molar-refractivity contribution in [1.29, 1.82) is 0 Å². The maximum atomic E-state index is 4.83. The fraction of sp³-hybridized carbons (Fsp3) is 0.250. The molecule has 0 unspecified atom stereocenters. The zero-order chi connectivity index (χ0) is 6.41. The van der Waals surface area contributed by atoms with Gasteiger partial charge in [0.2, 0.25) is 0 Å². The summed E-state index contributed by atoms with van der Waals surface area (Å²) >= 11 is 4.47. The fourth-order valence-electron chi connectivity index (χ4n) is 0.149. The van der Waals surface area contributed by atoms with Gasteiger partial charge in [-0.25, -0.2) is 5.84 Å². The van der Waals surface area contributed by atoms with Crippen LogP contribution in [0.5, 0.6) is 0 Å². The molecule has 0 amide bonds. The van der Waals surface area contributed by atoms with Gasteiger partial charge in [0.25, 0.3) is 5.17 Å². The Morgan fingerprint density at radius 3 is 3.00 bits per heavy atom. The molecule has 0 spiro atoms. The number of thiocarbonyl (C=S) groups is 1. The standard InChI is InChI=1S/C4H6N2OS/c1-2-3-7-4(8)6-5/h1H,3,5H2,(H,6,8). The number of hydrazine groups is 1. The number of rotatable bonds is 1. The minimum Gasteiger partial charge on any atom is -0.457 e. The second kappa shape index (κ2) is 4.37. The van der Waals surface area contributed by atoms with Gasteiger partial charge in [-0.3, -0.25) is 5.43 Å². The fourth-order valence-corrected chi connectivity index (χ4v) is 0.208. The van der Waals surface area contributed by atoms with Crippen LogP contribution in [0.1, 0.15) is 0 Å². The molecule has 0 fully saturated rings. The quantitative estimate of drug-likeness (QED) is 0.215. The van der Waals surface area contributed by atoms with E-state index in [1.807, 2.05) is 0 Å². The summed E-state index contributed by atoms with van der Waals surface area (Å²) in [5, 5.41) is 0.114. The Kier molecular flexibility index (Phi) is 3.94. The molecule has 0 bridgehead atoms. The van der Waals surface area contributed by atoms with Gasteiger partial charge in [0, 0.05) is 0 Å². The number of ether oxygens (including phenoxy) is 1. The van der Waals surface area contributed by atoms with E-state index in [4.69, 9.17) is 12.3 Å². The number of nitrogens with two attached hydrogens (primary N) is 1. The summed E-state index contributed by atoms with van der Waals surface area (Å²) in [6, 6.07) is 0. The van der Waals surface area contributed by atoms with E-state index in [0.29, 0.717) is 0 Å². The van der Waals surface area contributed by atoms with Crippen molar-refractivity contribution >= 4 is 17.4 Å². The Balaban J connectivity index is 3.15. The molecule has 0 heterocycles. The number of hydrogen-bond acceptors (Lipinski definition) is 3. The highest BCUT2D eigenvalue weighted by Crippen LogP contribution is 1.71. The monoisotopic (exact) mass is 130 g/mol. The third-order valence-corrected chi connectivity index (χ3v) is 0.640. The molecule has 0 aromatic carbocycles. The largest absolute Gasteiger partial charge is 0.457 e. The predicted molar refractivity (Wildman–Crippen MR) is 34.7 cm³/mol. The van der Waals surface area contributed by atoms with Crippen molar-refractivity contribution in [2.45, 2.75) is 0 Å². The van der Waals surface area contributed by atoms with E-state index >= 15 is 0 Å². The van der Waals surface area contributed by atoms with Crippen LogP contribution in [-0.2, 0) is 4.74 Å². The van der Waals surface area contributed by atoms with Crippen LogP contribution in [0, 0.1) is 12.3 Å². The van der Waals surface area contributed by atoms with Crippen molar-refractivity contribution < 1.29 is 4.74 Å². The summed E-state index contributed by atoms with van der Waals surface area (Å²) < 4.78 is 4.60. The lowest BCUT2D eigenvalue weighted by molar-refractivity contribution is 0.350. The molecule has 0 aliphatic rings. The molecule has 0 saturated carbocycles. The molecule has 0 rings (SSSR count). The highest BCUT2D eigenvalue weighted by molar-refractivity contribution is 7.80. The first-order valence-electron chi connectivity index (χ1n) is 1.88. The Bertz CT molecular complexity index is 118. The van der Waals surface area contributed by atoms with E-state index < -0.39 is 0 Å². The van der Waals surface area contributed by atoms with Crippen LogP contribution < -0.4 is 11.3 Å². The molecule has 8 heavy (non-hydrogen) atoms. The van der Waals surface area contributed by atoms with Gasteiger partial charge in [-0.2, -0.15) is 0 Å². The van der Waals surface area contributed by atoms with Gasteiger partial charge in [-0.05, 0) is 12.2 Å². The second-order valence-corrected chi connectivity index (χ2v) is 1.30. The van der Waals surface area contributed by atoms with E-state index in [9.17, 15) is 0 Å². The summed E-state index contributed by atoms with van der Waals surface area (Å²) in [5.74, 6) is 7.06. The van der Waals surface area contributed by atoms with Crippen LogP contribution in [0.15, 0.2) is 0 Å². The van der Waals surface area contributed by atoms with Crippen LogP contribution in [0.4, 0.5) is 0 Å². The average molecular weight is 130 g/mol. The number of nitrogens with one attached hydrogen (secondary N) is 1.